The van der Waals surface area contributed by atoms with Crippen molar-refractivity contribution >= 4 is 11.9 Å². The average molecular weight is 345 g/mol. The first kappa shape index (κ1) is 19.3. The largest absolute Gasteiger partial charge is 0.357 e. The van der Waals surface area contributed by atoms with Crippen LogP contribution in [-0.4, -0.2) is 35.9 Å². The molecule has 1 aliphatic heterocycles. The molecule has 2 rings (SSSR count). The molecular formula is C20H32N4O. The van der Waals surface area contributed by atoms with Crippen LogP contribution in [0.1, 0.15) is 51.7 Å². The topological polar surface area (TPSA) is 56.7 Å². The number of nitrogens with zero attached hydrogens (tertiary/aromatic N) is 2. The van der Waals surface area contributed by atoms with Crippen molar-refractivity contribution < 1.29 is 4.79 Å². The van der Waals surface area contributed by atoms with E-state index < -0.39 is 0 Å². The van der Waals surface area contributed by atoms with Gasteiger partial charge in [-0.2, -0.15) is 0 Å². The Balaban J connectivity index is 1.76. The maximum atomic E-state index is 12.4. The third kappa shape index (κ3) is 5.76. The van der Waals surface area contributed by atoms with Crippen molar-refractivity contribution in [2.45, 2.75) is 59.7 Å². The van der Waals surface area contributed by atoms with Gasteiger partial charge in [0.25, 0.3) is 0 Å². The molecule has 0 aliphatic carbocycles. The molecule has 5 heteroatoms. The molecule has 0 saturated carbocycles. The molecule has 1 aliphatic rings. The second-order valence-electron chi connectivity index (χ2n) is 7.06. The molecule has 1 aromatic carbocycles. The summed E-state index contributed by atoms with van der Waals surface area (Å²) in [6, 6.07) is 8.65. The van der Waals surface area contributed by atoms with Gasteiger partial charge < -0.3 is 15.5 Å². The van der Waals surface area contributed by atoms with Crippen LogP contribution >= 0.6 is 0 Å². The van der Waals surface area contributed by atoms with Crippen molar-refractivity contribution in [3.05, 3.63) is 35.4 Å². The van der Waals surface area contributed by atoms with Crippen LogP contribution in [0.2, 0.25) is 0 Å². The first-order valence-corrected chi connectivity index (χ1v) is 9.40. The Bertz CT molecular complexity index is 572. The Labute approximate surface area is 151 Å². The smallest absolute Gasteiger partial charge is 0.223 e. The van der Waals surface area contributed by atoms with Crippen molar-refractivity contribution in [2.75, 3.05) is 13.1 Å². The third-order valence-electron chi connectivity index (χ3n) is 4.72. The molecule has 25 heavy (non-hydrogen) atoms. The van der Waals surface area contributed by atoms with E-state index in [9.17, 15) is 4.79 Å². The minimum atomic E-state index is 0.222. The van der Waals surface area contributed by atoms with E-state index in [1.165, 1.54) is 11.1 Å². The van der Waals surface area contributed by atoms with E-state index in [-0.39, 0.29) is 5.91 Å². The van der Waals surface area contributed by atoms with Gasteiger partial charge in [-0.15, -0.1) is 0 Å². The molecule has 0 aromatic heterocycles. The molecule has 0 saturated heterocycles. The van der Waals surface area contributed by atoms with Gasteiger partial charge >= 0.3 is 0 Å². The molecule has 0 radical (unpaired) electrons. The minimum Gasteiger partial charge on any atom is -0.357 e. The molecule has 1 atom stereocenters. The van der Waals surface area contributed by atoms with E-state index >= 15 is 0 Å². The lowest BCUT2D eigenvalue weighted by Gasteiger charge is -2.20. The summed E-state index contributed by atoms with van der Waals surface area (Å²) in [4.78, 5) is 18.9. The lowest BCUT2D eigenvalue weighted by atomic mass is 10.1. The Kier molecular flexibility index (Phi) is 7.29. The fourth-order valence-corrected chi connectivity index (χ4v) is 2.79. The summed E-state index contributed by atoms with van der Waals surface area (Å²) in [5.74, 6) is 1.60. The number of guanidine groups is 1. The molecule has 2 N–H and O–H groups in total. The van der Waals surface area contributed by atoms with Crippen LogP contribution in [0, 0.1) is 5.92 Å². The first-order chi connectivity index (χ1) is 12.0. The Hall–Kier alpha value is -2.04. The predicted octanol–water partition coefficient (Wildman–Crippen LogP) is 2.91. The highest BCUT2D eigenvalue weighted by Crippen LogP contribution is 2.22. The molecule has 1 unspecified atom stereocenters. The molecule has 138 valence electrons. The van der Waals surface area contributed by atoms with Gasteiger partial charge in [0.15, 0.2) is 5.96 Å². The van der Waals surface area contributed by atoms with Gasteiger partial charge in [0.2, 0.25) is 5.91 Å². The lowest BCUT2D eigenvalue weighted by Crippen LogP contribution is -2.44. The van der Waals surface area contributed by atoms with Gasteiger partial charge in [0.1, 0.15) is 0 Å². The van der Waals surface area contributed by atoms with E-state index in [0.29, 0.717) is 24.9 Å². The summed E-state index contributed by atoms with van der Waals surface area (Å²) >= 11 is 0. The number of aliphatic imine (C=N–C) groups is 1. The van der Waals surface area contributed by atoms with Crippen LogP contribution in [0.4, 0.5) is 0 Å². The summed E-state index contributed by atoms with van der Waals surface area (Å²) in [6.45, 7) is 11.6. The van der Waals surface area contributed by atoms with Gasteiger partial charge in [-0.3, -0.25) is 9.79 Å². The highest BCUT2D eigenvalue weighted by Gasteiger charge is 2.22. The quantitative estimate of drug-likeness (QED) is 0.454. The fraction of sp³-hybridized carbons (Fsp3) is 0.600. The third-order valence-corrected chi connectivity index (χ3v) is 4.72. The van der Waals surface area contributed by atoms with Gasteiger partial charge in [-0.1, -0.05) is 38.1 Å². The summed E-state index contributed by atoms with van der Waals surface area (Å²) < 4.78 is 0. The predicted molar refractivity (Wildman–Crippen MR) is 103 cm³/mol. The maximum absolute atomic E-state index is 12.4. The van der Waals surface area contributed by atoms with Crippen molar-refractivity contribution in [3.63, 3.8) is 0 Å². The number of benzene rings is 1. The molecule has 1 aromatic rings. The van der Waals surface area contributed by atoms with Crippen LogP contribution in [0.15, 0.2) is 29.3 Å². The van der Waals surface area contributed by atoms with Crippen molar-refractivity contribution in [1.82, 2.24) is 15.5 Å². The Morgan fingerprint density at radius 3 is 2.40 bits per heavy atom. The van der Waals surface area contributed by atoms with Crippen molar-refractivity contribution in [2.24, 2.45) is 10.9 Å². The van der Waals surface area contributed by atoms with E-state index in [1.807, 2.05) is 17.0 Å². The normalized spacial score (nSPS) is 15.2. The summed E-state index contributed by atoms with van der Waals surface area (Å²) in [5, 5.41) is 6.68. The number of fused-ring (bicyclic) bond motifs is 1. The zero-order chi connectivity index (χ0) is 18.2. The van der Waals surface area contributed by atoms with Crippen LogP contribution in [0.3, 0.4) is 0 Å². The zero-order valence-corrected chi connectivity index (χ0v) is 16.0. The van der Waals surface area contributed by atoms with Gasteiger partial charge in [0, 0.05) is 38.6 Å². The Morgan fingerprint density at radius 1 is 1.20 bits per heavy atom. The van der Waals surface area contributed by atoms with Crippen molar-refractivity contribution in [1.29, 1.82) is 0 Å². The second kappa shape index (κ2) is 9.44. The van der Waals surface area contributed by atoms with E-state index in [1.54, 1.807) is 0 Å². The first-order valence-electron chi connectivity index (χ1n) is 9.40. The monoisotopic (exact) mass is 344 g/mol. The molecule has 1 amide bonds. The number of hydrogen-bond acceptors (Lipinski definition) is 2. The van der Waals surface area contributed by atoms with Crippen LogP contribution in [-0.2, 0) is 17.9 Å². The van der Waals surface area contributed by atoms with Crippen LogP contribution < -0.4 is 10.6 Å². The standard InChI is InChI=1S/C20H32N4O/c1-5-21-20(23-16(4)15(2)3)22-12-8-11-19(25)24-13-17-9-6-7-10-18(17)14-24/h6-7,9-10,15-16H,5,8,11-14H2,1-4H3,(H2,21,22,23). The van der Waals surface area contributed by atoms with Gasteiger partial charge in [-0.05, 0) is 37.3 Å². The van der Waals surface area contributed by atoms with Crippen molar-refractivity contribution in [3.8, 4) is 0 Å². The van der Waals surface area contributed by atoms with Gasteiger partial charge in [0.05, 0.1) is 0 Å². The second-order valence-corrected chi connectivity index (χ2v) is 7.06. The average Bonchev–Trinajstić information content (AvgIpc) is 3.02. The van der Waals surface area contributed by atoms with E-state index in [2.05, 4.69) is 55.5 Å². The summed E-state index contributed by atoms with van der Waals surface area (Å²) in [7, 11) is 0. The van der Waals surface area contributed by atoms with Crippen LogP contribution in [0.25, 0.3) is 0 Å². The number of hydrogen-bond donors (Lipinski definition) is 2. The molecule has 1 heterocycles. The zero-order valence-electron chi connectivity index (χ0n) is 16.0. The summed E-state index contributed by atoms with van der Waals surface area (Å²) in [6.07, 6.45) is 1.33. The van der Waals surface area contributed by atoms with Gasteiger partial charge in [-0.25, -0.2) is 0 Å². The molecule has 0 fully saturated rings. The number of carbonyl (C=O) groups is 1. The maximum Gasteiger partial charge on any atom is 0.223 e. The highest BCUT2D eigenvalue weighted by molar-refractivity contribution is 5.80. The SMILES string of the molecule is CCNC(=NCCCC(=O)N1Cc2ccccc2C1)NC(C)C(C)C. The number of nitrogens with one attached hydrogen (secondary N) is 2. The summed E-state index contributed by atoms with van der Waals surface area (Å²) in [5.41, 5.74) is 2.55. The van der Waals surface area contributed by atoms with E-state index in [0.717, 1.165) is 32.0 Å². The Morgan fingerprint density at radius 2 is 1.84 bits per heavy atom. The molecular weight excluding hydrogens is 312 g/mol. The molecule has 0 bridgehead atoms. The number of amides is 1. The highest BCUT2D eigenvalue weighted by atomic mass is 16.2. The fourth-order valence-electron chi connectivity index (χ4n) is 2.79. The number of rotatable bonds is 7. The minimum absolute atomic E-state index is 0.222. The van der Waals surface area contributed by atoms with Crippen LogP contribution in [0.5, 0.6) is 0 Å². The molecule has 5 nitrogen and oxygen atoms in total. The molecule has 0 spiro atoms. The lowest BCUT2D eigenvalue weighted by molar-refractivity contribution is -0.131. The van der Waals surface area contributed by atoms with E-state index in [4.69, 9.17) is 0 Å². The number of carbonyl (C=O) groups excluding carboxylic acids is 1.